The van der Waals surface area contributed by atoms with E-state index in [0.717, 1.165) is 38.7 Å². The normalized spacial score (nSPS) is 24.7. The zero-order chi connectivity index (χ0) is 22.8. The van der Waals surface area contributed by atoms with E-state index in [2.05, 4.69) is 0 Å². The molecular weight excluding hydrogens is 420 g/mol. The largest absolute Gasteiger partial charge is 0.491 e. The van der Waals surface area contributed by atoms with Gasteiger partial charge in [0.15, 0.2) is 23.9 Å². The molecule has 0 aromatic heterocycles. The standard InChI is InChI=1S/C26H30F4O2/c1-3-31-17-10-6-15(7-11-17)5-8-16-9-12-18-19-13-14-20(32-4-2)24(28)22(19)26(30)25(29)21(18)23(16)27/h9,12-15,17,25-26H,3-8,10-11H2,1-2H3. The van der Waals surface area contributed by atoms with E-state index < -0.39 is 29.5 Å². The molecule has 4 rings (SSSR count). The summed E-state index contributed by atoms with van der Waals surface area (Å²) in [7, 11) is 0. The van der Waals surface area contributed by atoms with Gasteiger partial charge in [-0.1, -0.05) is 18.2 Å². The Hall–Kier alpha value is -2.08. The lowest BCUT2D eigenvalue weighted by Crippen LogP contribution is -2.22. The van der Waals surface area contributed by atoms with Gasteiger partial charge in [0.1, 0.15) is 5.82 Å². The lowest BCUT2D eigenvalue weighted by atomic mass is 9.80. The molecule has 6 heteroatoms. The van der Waals surface area contributed by atoms with Gasteiger partial charge in [0, 0.05) is 17.7 Å². The van der Waals surface area contributed by atoms with Gasteiger partial charge in [0.05, 0.1) is 12.7 Å². The number of fused-ring (bicyclic) bond motifs is 3. The maximum absolute atomic E-state index is 15.3. The lowest BCUT2D eigenvalue weighted by molar-refractivity contribution is 0.0248. The summed E-state index contributed by atoms with van der Waals surface area (Å²) in [6.45, 7) is 4.60. The van der Waals surface area contributed by atoms with Crippen molar-refractivity contribution in [1.29, 1.82) is 0 Å². The highest BCUT2D eigenvalue weighted by Crippen LogP contribution is 2.51. The van der Waals surface area contributed by atoms with Crippen molar-refractivity contribution >= 4 is 0 Å². The van der Waals surface area contributed by atoms with Crippen molar-refractivity contribution < 1.29 is 27.0 Å². The molecule has 0 amide bonds. The highest BCUT2D eigenvalue weighted by atomic mass is 19.2. The Morgan fingerprint density at radius 3 is 2.06 bits per heavy atom. The molecule has 1 saturated carbocycles. The SMILES string of the molecule is CCOc1ccc2c(c1F)C(F)C(F)c1c-2ccc(CCC2CCC(OCC)CC2)c1F. The van der Waals surface area contributed by atoms with Gasteiger partial charge >= 0.3 is 0 Å². The highest BCUT2D eigenvalue weighted by Gasteiger charge is 2.40. The quantitative estimate of drug-likeness (QED) is 0.405. The monoisotopic (exact) mass is 450 g/mol. The van der Waals surface area contributed by atoms with Crippen LogP contribution in [0.1, 0.15) is 75.0 Å². The van der Waals surface area contributed by atoms with Crippen molar-refractivity contribution in [1.82, 2.24) is 0 Å². The number of aryl methyl sites for hydroxylation is 1. The number of halogens is 4. The van der Waals surface area contributed by atoms with Gasteiger partial charge in [-0.3, -0.25) is 0 Å². The lowest BCUT2D eigenvalue weighted by Gasteiger charge is -2.29. The molecule has 174 valence electrons. The zero-order valence-corrected chi connectivity index (χ0v) is 18.6. The summed E-state index contributed by atoms with van der Waals surface area (Å²) < 4.78 is 71.0. The van der Waals surface area contributed by atoms with E-state index >= 15 is 8.78 Å². The molecule has 2 nitrogen and oxygen atoms in total. The third-order valence-electron chi connectivity index (χ3n) is 6.82. The van der Waals surface area contributed by atoms with Crippen molar-refractivity contribution in [3.05, 3.63) is 52.6 Å². The summed E-state index contributed by atoms with van der Waals surface area (Å²) in [6, 6.07) is 6.09. The second-order valence-electron chi connectivity index (χ2n) is 8.71. The van der Waals surface area contributed by atoms with Crippen LogP contribution in [0.25, 0.3) is 11.1 Å². The molecule has 1 fully saturated rings. The van der Waals surface area contributed by atoms with E-state index in [1.165, 1.54) is 12.1 Å². The van der Waals surface area contributed by atoms with Crippen LogP contribution in [0.15, 0.2) is 24.3 Å². The Bertz CT molecular complexity index is 953. The molecule has 2 aromatic rings. The predicted molar refractivity (Wildman–Crippen MR) is 116 cm³/mol. The van der Waals surface area contributed by atoms with Crippen LogP contribution in [0.5, 0.6) is 5.75 Å². The van der Waals surface area contributed by atoms with Crippen LogP contribution < -0.4 is 4.74 Å². The molecule has 2 aliphatic rings. The Labute approximate surface area is 186 Å². The van der Waals surface area contributed by atoms with Gasteiger partial charge in [-0.15, -0.1) is 0 Å². The zero-order valence-electron chi connectivity index (χ0n) is 18.6. The van der Waals surface area contributed by atoms with Crippen molar-refractivity contribution in [3.8, 4) is 16.9 Å². The first-order valence-corrected chi connectivity index (χ1v) is 11.6. The Kier molecular flexibility index (Phi) is 7.08. The minimum atomic E-state index is -2.28. The van der Waals surface area contributed by atoms with Gasteiger partial charge in [-0.05, 0) is 81.0 Å². The molecule has 0 N–H and O–H groups in total. The fourth-order valence-corrected chi connectivity index (χ4v) is 5.16. The van der Waals surface area contributed by atoms with Crippen molar-refractivity contribution in [3.63, 3.8) is 0 Å². The number of ether oxygens (including phenoxy) is 2. The number of hydrogen-bond acceptors (Lipinski definition) is 2. The average molecular weight is 451 g/mol. The topological polar surface area (TPSA) is 18.5 Å². The first-order valence-electron chi connectivity index (χ1n) is 11.6. The van der Waals surface area contributed by atoms with Crippen LogP contribution in [-0.2, 0) is 11.2 Å². The molecule has 0 aliphatic heterocycles. The summed E-state index contributed by atoms with van der Waals surface area (Å²) in [5.74, 6) is -1.28. The smallest absolute Gasteiger partial charge is 0.171 e. The van der Waals surface area contributed by atoms with Crippen LogP contribution >= 0.6 is 0 Å². The third kappa shape index (κ3) is 4.26. The molecular formula is C26H30F4O2. The van der Waals surface area contributed by atoms with E-state index in [0.29, 0.717) is 24.0 Å². The van der Waals surface area contributed by atoms with Crippen LogP contribution in [0.4, 0.5) is 17.6 Å². The number of rotatable bonds is 7. The summed E-state index contributed by atoms with van der Waals surface area (Å²) in [6.07, 6.45) is 1.12. The van der Waals surface area contributed by atoms with Crippen molar-refractivity contribution in [2.45, 2.75) is 70.8 Å². The third-order valence-corrected chi connectivity index (χ3v) is 6.82. The van der Waals surface area contributed by atoms with Crippen LogP contribution in [-0.4, -0.2) is 19.3 Å². The van der Waals surface area contributed by atoms with E-state index in [4.69, 9.17) is 9.47 Å². The molecule has 2 atom stereocenters. The summed E-state index contributed by atoms with van der Waals surface area (Å²) in [4.78, 5) is 0. The number of alkyl halides is 2. The van der Waals surface area contributed by atoms with Crippen LogP contribution in [0.3, 0.4) is 0 Å². The summed E-state index contributed by atoms with van der Waals surface area (Å²) >= 11 is 0. The van der Waals surface area contributed by atoms with Crippen molar-refractivity contribution in [2.75, 3.05) is 13.2 Å². The first kappa shape index (κ1) is 23.1. The van der Waals surface area contributed by atoms with Gasteiger partial charge < -0.3 is 9.47 Å². The van der Waals surface area contributed by atoms with Gasteiger partial charge in [0.2, 0.25) is 0 Å². The fourth-order valence-electron chi connectivity index (χ4n) is 5.16. The number of benzene rings is 2. The second-order valence-corrected chi connectivity index (χ2v) is 8.71. The molecule has 0 bridgehead atoms. The van der Waals surface area contributed by atoms with Crippen LogP contribution in [0.2, 0.25) is 0 Å². The first-order chi connectivity index (χ1) is 15.5. The van der Waals surface area contributed by atoms with Crippen LogP contribution in [0, 0.1) is 17.6 Å². The molecule has 0 heterocycles. The van der Waals surface area contributed by atoms with Gasteiger partial charge in [-0.2, -0.15) is 0 Å². The molecule has 32 heavy (non-hydrogen) atoms. The average Bonchev–Trinajstić information content (AvgIpc) is 2.79. The van der Waals surface area contributed by atoms with Crippen molar-refractivity contribution in [2.24, 2.45) is 5.92 Å². The van der Waals surface area contributed by atoms with E-state index in [-0.39, 0.29) is 29.0 Å². The molecule has 0 saturated heterocycles. The highest BCUT2D eigenvalue weighted by molar-refractivity contribution is 5.76. The molecule has 2 aliphatic carbocycles. The predicted octanol–water partition coefficient (Wildman–Crippen LogP) is 7.59. The minimum Gasteiger partial charge on any atom is -0.491 e. The maximum Gasteiger partial charge on any atom is 0.171 e. The summed E-state index contributed by atoms with van der Waals surface area (Å²) in [5, 5.41) is 0. The Morgan fingerprint density at radius 1 is 0.812 bits per heavy atom. The molecule has 2 aromatic carbocycles. The summed E-state index contributed by atoms with van der Waals surface area (Å²) in [5.41, 5.74) is 0.0875. The van der Waals surface area contributed by atoms with E-state index in [1.807, 2.05) is 6.92 Å². The second kappa shape index (κ2) is 9.82. The Morgan fingerprint density at radius 2 is 1.44 bits per heavy atom. The minimum absolute atomic E-state index is 0.124. The van der Waals surface area contributed by atoms with E-state index in [1.54, 1.807) is 19.1 Å². The molecule has 0 radical (unpaired) electrons. The molecule has 0 spiro atoms. The van der Waals surface area contributed by atoms with E-state index in [9.17, 15) is 8.78 Å². The Balaban J connectivity index is 1.56. The van der Waals surface area contributed by atoms with Gasteiger partial charge in [0.25, 0.3) is 0 Å². The van der Waals surface area contributed by atoms with Gasteiger partial charge in [-0.25, -0.2) is 17.6 Å². The number of hydrogen-bond donors (Lipinski definition) is 0. The fraction of sp³-hybridized carbons (Fsp3) is 0.538. The maximum atomic E-state index is 15.3. The molecule has 2 unspecified atom stereocenters.